The Kier molecular flexibility index (Phi) is 3.48. The van der Waals surface area contributed by atoms with E-state index in [0.29, 0.717) is 23.7 Å². The first-order valence-corrected chi connectivity index (χ1v) is 7.44. The van der Waals surface area contributed by atoms with Crippen LogP contribution in [0.3, 0.4) is 0 Å². The first-order chi connectivity index (χ1) is 9.15. The first-order valence-electron chi connectivity index (χ1n) is 5.80. The number of thiophene rings is 1. The van der Waals surface area contributed by atoms with Crippen molar-refractivity contribution >= 4 is 40.4 Å². The Morgan fingerprint density at radius 3 is 3.11 bits per heavy atom. The second kappa shape index (κ2) is 5.12. The van der Waals surface area contributed by atoms with E-state index in [9.17, 15) is 4.79 Å². The van der Waals surface area contributed by atoms with Crippen LogP contribution in [0.25, 0.3) is 0 Å². The summed E-state index contributed by atoms with van der Waals surface area (Å²) in [6.45, 7) is 1.34. The number of carbonyl (C=O) groups is 1. The van der Waals surface area contributed by atoms with E-state index in [-0.39, 0.29) is 11.1 Å². The predicted octanol–water partition coefficient (Wildman–Crippen LogP) is 3.65. The number of amides is 1. The topological polar surface area (TPSA) is 33.2 Å². The van der Waals surface area contributed by atoms with E-state index in [1.807, 2.05) is 0 Å². The zero-order chi connectivity index (χ0) is 13.4. The maximum Gasteiger partial charge on any atom is 0.255 e. The predicted molar refractivity (Wildman–Crippen MR) is 77.0 cm³/mol. The summed E-state index contributed by atoms with van der Waals surface area (Å²) in [6.07, 6.45) is 2.31. The van der Waals surface area contributed by atoms with E-state index in [1.165, 1.54) is 22.7 Å². The quantitative estimate of drug-likeness (QED) is 0.753. The zero-order valence-corrected chi connectivity index (χ0v) is 12.2. The summed E-state index contributed by atoms with van der Waals surface area (Å²) in [5, 5.41) is 2.68. The van der Waals surface area contributed by atoms with Crippen LogP contribution in [0.1, 0.15) is 20.8 Å². The number of hydrogen-bond donors (Lipinski definition) is 0. The van der Waals surface area contributed by atoms with Crippen molar-refractivity contribution in [3.05, 3.63) is 49.9 Å². The molecule has 0 saturated heterocycles. The van der Waals surface area contributed by atoms with Gasteiger partial charge in [-0.25, -0.2) is 4.98 Å². The summed E-state index contributed by atoms with van der Waals surface area (Å²) in [5.41, 5.74) is 1.64. The number of hydrogen-bond acceptors (Lipinski definition) is 3. The minimum atomic E-state index is -0.0915. The van der Waals surface area contributed by atoms with Gasteiger partial charge in [0.2, 0.25) is 0 Å². The minimum Gasteiger partial charge on any atom is -0.334 e. The SMILES string of the molecule is O=C(c1cc(Cl)ncc1Cl)N1CCc2sccc2C1. The molecule has 3 heterocycles. The molecule has 2 aromatic heterocycles. The second-order valence-corrected chi connectivity index (χ2v) is 6.13. The third kappa shape index (κ3) is 2.48. The fourth-order valence-corrected chi connectivity index (χ4v) is 3.40. The maximum atomic E-state index is 12.5. The molecule has 1 amide bonds. The Balaban J connectivity index is 1.87. The Morgan fingerprint density at radius 1 is 1.42 bits per heavy atom. The fourth-order valence-electron chi connectivity index (χ4n) is 2.17. The van der Waals surface area contributed by atoms with E-state index >= 15 is 0 Å². The van der Waals surface area contributed by atoms with E-state index in [2.05, 4.69) is 16.4 Å². The third-order valence-electron chi connectivity index (χ3n) is 3.15. The van der Waals surface area contributed by atoms with Crippen molar-refractivity contribution in [2.45, 2.75) is 13.0 Å². The molecule has 0 fully saturated rings. The molecule has 0 N–H and O–H groups in total. The molecule has 1 aliphatic rings. The van der Waals surface area contributed by atoms with E-state index < -0.39 is 0 Å². The molecule has 0 saturated carbocycles. The molecule has 0 radical (unpaired) electrons. The lowest BCUT2D eigenvalue weighted by Gasteiger charge is -2.27. The molecule has 0 atom stereocenters. The molecule has 1 aliphatic heterocycles. The van der Waals surface area contributed by atoms with Gasteiger partial charge >= 0.3 is 0 Å². The lowest BCUT2D eigenvalue weighted by Crippen LogP contribution is -2.35. The molecule has 2 aromatic rings. The molecule has 0 spiro atoms. The molecule has 3 rings (SSSR count). The summed E-state index contributed by atoms with van der Waals surface area (Å²) < 4.78 is 0. The lowest BCUT2D eigenvalue weighted by atomic mass is 10.1. The molecule has 0 aliphatic carbocycles. The highest BCUT2D eigenvalue weighted by Gasteiger charge is 2.24. The van der Waals surface area contributed by atoms with Gasteiger partial charge in [-0.15, -0.1) is 11.3 Å². The van der Waals surface area contributed by atoms with Gasteiger partial charge in [0.25, 0.3) is 5.91 Å². The summed E-state index contributed by atoms with van der Waals surface area (Å²) in [7, 11) is 0. The van der Waals surface area contributed by atoms with Crippen molar-refractivity contribution in [1.29, 1.82) is 0 Å². The zero-order valence-electron chi connectivity index (χ0n) is 9.90. The first kappa shape index (κ1) is 12.9. The average molecular weight is 313 g/mol. The van der Waals surface area contributed by atoms with Crippen molar-refractivity contribution in [2.75, 3.05) is 6.54 Å². The summed E-state index contributed by atoms with van der Waals surface area (Å²) in [6, 6.07) is 3.59. The monoisotopic (exact) mass is 312 g/mol. The smallest absolute Gasteiger partial charge is 0.255 e. The normalized spacial score (nSPS) is 14.3. The summed E-state index contributed by atoms with van der Waals surface area (Å²) >= 11 is 13.6. The van der Waals surface area contributed by atoms with Crippen LogP contribution in [0.4, 0.5) is 0 Å². The third-order valence-corrected chi connectivity index (χ3v) is 4.68. The van der Waals surface area contributed by atoms with Crippen LogP contribution in [0.15, 0.2) is 23.7 Å². The van der Waals surface area contributed by atoms with Crippen molar-refractivity contribution in [2.24, 2.45) is 0 Å². The lowest BCUT2D eigenvalue weighted by molar-refractivity contribution is 0.0736. The molecule has 98 valence electrons. The van der Waals surface area contributed by atoms with Gasteiger partial charge in [0.1, 0.15) is 5.15 Å². The summed E-state index contributed by atoms with van der Waals surface area (Å²) in [5.74, 6) is -0.0915. The van der Waals surface area contributed by atoms with E-state index in [0.717, 1.165) is 6.42 Å². The molecule has 0 bridgehead atoms. The number of fused-ring (bicyclic) bond motifs is 1. The van der Waals surface area contributed by atoms with Crippen molar-refractivity contribution in [1.82, 2.24) is 9.88 Å². The second-order valence-electron chi connectivity index (χ2n) is 4.33. The van der Waals surface area contributed by atoms with E-state index in [1.54, 1.807) is 16.2 Å². The molecule has 3 nitrogen and oxygen atoms in total. The number of rotatable bonds is 1. The molecule has 6 heteroatoms. The maximum absolute atomic E-state index is 12.5. The average Bonchev–Trinajstić information content (AvgIpc) is 2.88. The van der Waals surface area contributed by atoms with Crippen LogP contribution in [-0.2, 0) is 13.0 Å². The van der Waals surface area contributed by atoms with Crippen LogP contribution >= 0.6 is 34.5 Å². The molecular formula is C13H10Cl2N2OS. The van der Waals surface area contributed by atoms with Gasteiger partial charge in [-0.2, -0.15) is 0 Å². The summed E-state index contributed by atoms with van der Waals surface area (Å²) in [4.78, 5) is 19.5. The molecular weight excluding hydrogens is 303 g/mol. The van der Waals surface area contributed by atoms with Crippen LogP contribution in [0.2, 0.25) is 10.2 Å². The van der Waals surface area contributed by atoms with Crippen LogP contribution < -0.4 is 0 Å². The van der Waals surface area contributed by atoms with Crippen molar-refractivity contribution in [3.8, 4) is 0 Å². The standard InChI is InChI=1S/C13H10Cl2N2OS/c14-10-6-16-12(15)5-9(10)13(18)17-3-1-11-8(7-17)2-4-19-11/h2,4-6H,1,3,7H2. The Bertz CT molecular complexity index is 641. The highest BCUT2D eigenvalue weighted by molar-refractivity contribution is 7.10. The van der Waals surface area contributed by atoms with Gasteiger partial charge in [0, 0.05) is 24.2 Å². The highest BCUT2D eigenvalue weighted by Crippen LogP contribution is 2.27. The van der Waals surface area contributed by atoms with Gasteiger partial charge in [0.15, 0.2) is 0 Å². The van der Waals surface area contributed by atoms with E-state index in [4.69, 9.17) is 23.2 Å². The number of pyridine rings is 1. The fraction of sp³-hybridized carbons (Fsp3) is 0.231. The number of nitrogens with zero attached hydrogens (tertiary/aromatic N) is 2. The van der Waals surface area contributed by atoms with Gasteiger partial charge in [0.05, 0.1) is 10.6 Å². The largest absolute Gasteiger partial charge is 0.334 e. The van der Waals surface area contributed by atoms with Gasteiger partial charge in [-0.1, -0.05) is 23.2 Å². The molecule has 0 aromatic carbocycles. The van der Waals surface area contributed by atoms with Gasteiger partial charge < -0.3 is 4.90 Å². The molecule has 19 heavy (non-hydrogen) atoms. The minimum absolute atomic E-state index is 0.0915. The highest BCUT2D eigenvalue weighted by atomic mass is 35.5. The molecule has 0 unspecified atom stereocenters. The van der Waals surface area contributed by atoms with Crippen molar-refractivity contribution in [3.63, 3.8) is 0 Å². The van der Waals surface area contributed by atoms with Crippen LogP contribution in [0, 0.1) is 0 Å². The number of carbonyl (C=O) groups excluding carboxylic acids is 1. The van der Waals surface area contributed by atoms with Crippen LogP contribution in [0.5, 0.6) is 0 Å². The van der Waals surface area contributed by atoms with Gasteiger partial charge in [-0.05, 0) is 29.5 Å². The number of aromatic nitrogens is 1. The number of halogens is 2. The Hall–Kier alpha value is -1.10. The Morgan fingerprint density at radius 2 is 2.26 bits per heavy atom. The van der Waals surface area contributed by atoms with Crippen molar-refractivity contribution < 1.29 is 4.79 Å². The van der Waals surface area contributed by atoms with Crippen LogP contribution in [-0.4, -0.2) is 22.3 Å². The Labute approximate surface area is 124 Å². The van der Waals surface area contributed by atoms with Gasteiger partial charge in [-0.3, -0.25) is 4.79 Å².